The van der Waals surface area contributed by atoms with Crippen molar-refractivity contribution in [3.05, 3.63) is 98.1 Å². The zero-order chi connectivity index (χ0) is 27.7. The molecule has 38 heavy (non-hydrogen) atoms. The molecule has 0 fully saturated rings. The summed E-state index contributed by atoms with van der Waals surface area (Å²) in [5.41, 5.74) is 0.936. The summed E-state index contributed by atoms with van der Waals surface area (Å²) in [6.45, 7) is 7.07. The molecule has 1 aliphatic heterocycles. The average molecular weight is 621 g/mol. The predicted molar refractivity (Wildman–Crippen MR) is 148 cm³/mol. The van der Waals surface area contributed by atoms with Crippen molar-refractivity contribution >= 4 is 56.6 Å². The van der Waals surface area contributed by atoms with E-state index >= 15 is 0 Å². The van der Waals surface area contributed by atoms with Gasteiger partial charge in [0.2, 0.25) is 5.75 Å². The Morgan fingerprint density at radius 1 is 1.34 bits per heavy atom. The Morgan fingerprint density at radius 2 is 2.05 bits per heavy atom. The number of benzene rings is 2. The number of nitro groups is 1. The molecule has 1 aromatic heterocycles. The molecule has 3 aromatic rings. The minimum Gasteiger partial charge on any atom is -0.483 e. The van der Waals surface area contributed by atoms with Gasteiger partial charge in [0.25, 0.3) is 5.56 Å². The molecule has 0 amide bonds. The van der Waals surface area contributed by atoms with Crippen molar-refractivity contribution in [2.75, 3.05) is 6.61 Å². The quantitative estimate of drug-likeness (QED) is 0.211. The van der Waals surface area contributed by atoms with E-state index in [1.165, 1.54) is 10.6 Å². The molecule has 0 aliphatic carbocycles. The standard InChI is InChI=1S/C26H23BrClN3O6S/c1-5-36-25(33)21-14(4)29-26-30(22(21)16-8-6-7-9-18(16)28)24(32)20(38-26)12-15-10-17(27)23(37-13(2)3)19(11-15)31(34)35/h6-13,22H,5H2,1-4H3/b20-12-/t22-/m0/s1. The zero-order valence-corrected chi connectivity index (χ0v) is 24.0. The van der Waals surface area contributed by atoms with Crippen molar-refractivity contribution in [2.45, 2.75) is 39.8 Å². The monoisotopic (exact) mass is 619 g/mol. The van der Waals surface area contributed by atoms with Crippen molar-refractivity contribution in [1.82, 2.24) is 4.57 Å². The number of allylic oxidation sites excluding steroid dienone is 1. The van der Waals surface area contributed by atoms with Gasteiger partial charge >= 0.3 is 11.7 Å². The molecule has 2 aromatic carbocycles. The normalized spacial score (nSPS) is 15.3. The summed E-state index contributed by atoms with van der Waals surface area (Å²) in [6.07, 6.45) is 1.27. The predicted octanol–water partition coefficient (Wildman–Crippen LogP) is 4.91. The van der Waals surface area contributed by atoms with Crippen LogP contribution < -0.4 is 19.6 Å². The van der Waals surface area contributed by atoms with Gasteiger partial charge in [-0.05, 0) is 73.0 Å². The highest BCUT2D eigenvalue weighted by Gasteiger charge is 2.34. The van der Waals surface area contributed by atoms with Gasteiger partial charge in [0.15, 0.2) is 4.80 Å². The van der Waals surface area contributed by atoms with Crippen molar-refractivity contribution in [2.24, 2.45) is 4.99 Å². The molecule has 2 heterocycles. The lowest BCUT2D eigenvalue weighted by atomic mass is 9.96. The van der Waals surface area contributed by atoms with Crippen molar-refractivity contribution < 1.29 is 19.2 Å². The van der Waals surface area contributed by atoms with Crippen molar-refractivity contribution in [3.8, 4) is 5.75 Å². The highest BCUT2D eigenvalue weighted by Crippen LogP contribution is 2.38. The van der Waals surface area contributed by atoms with Crippen LogP contribution in [0.3, 0.4) is 0 Å². The van der Waals surface area contributed by atoms with E-state index in [9.17, 15) is 19.7 Å². The summed E-state index contributed by atoms with van der Waals surface area (Å²) in [6, 6.07) is 9.09. The van der Waals surface area contributed by atoms with Gasteiger partial charge in [-0.15, -0.1) is 0 Å². The highest BCUT2D eigenvalue weighted by molar-refractivity contribution is 9.10. The fraction of sp³-hybridized carbons (Fsp3) is 0.269. The number of carbonyl (C=O) groups is 1. The first-order valence-corrected chi connectivity index (χ1v) is 13.6. The minimum atomic E-state index is -0.857. The Bertz CT molecular complexity index is 1660. The van der Waals surface area contributed by atoms with E-state index in [-0.39, 0.29) is 34.3 Å². The molecular formula is C26H23BrClN3O6S. The molecule has 198 valence electrons. The van der Waals surface area contributed by atoms with Crippen LogP contribution in [0.15, 0.2) is 61.9 Å². The Balaban J connectivity index is 1.95. The van der Waals surface area contributed by atoms with Gasteiger partial charge in [-0.25, -0.2) is 9.79 Å². The molecule has 0 radical (unpaired) electrons. The molecule has 1 atom stereocenters. The Kier molecular flexibility index (Phi) is 8.19. The van der Waals surface area contributed by atoms with E-state index < -0.39 is 22.5 Å². The molecule has 0 unspecified atom stereocenters. The largest absolute Gasteiger partial charge is 0.483 e. The minimum absolute atomic E-state index is 0.108. The maximum Gasteiger partial charge on any atom is 0.338 e. The van der Waals surface area contributed by atoms with Crippen LogP contribution >= 0.6 is 38.9 Å². The third-order valence-corrected chi connectivity index (χ3v) is 7.53. The molecule has 0 saturated heterocycles. The van der Waals surface area contributed by atoms with Crippen LogP contribution in [0.1, 0.15) is 44.9 Å². The number of nitro benzene ring substituents is 1. The maximum absolute atomic E-state index is 13.8. The van der Waals surface area contributed by atoms with E-state index in [2.05, 4.69) is 20.9 Å². The fourth-order valence-electron chi connectivity index (χ4n) is 4.10. The van der Waals surface area contributed by atoms with E-state index in [4.69, 9.17) is 21.1 Å². The fourth-order valence-corrected chi connectivity index (χ4v) is 5.95. The summed E-state index contributed by atoms with van der Waals surface area (Å²) in [7, 11) is 0. The first-order chi connectivity index (χ1) is 18.0. The summed E-state index contributed by atoms with van der Waals surface area (Å²) in [4.78, 5) is 42.9. The Labute approximate surface area is 235 Å². The van der Waals surface area contributed by atoms with Crippen LogP contribution in [0.2, 0.25) is 5.02 Å². The smallest absolute Gasteiger partial charge is 0.338 e. The van der Waals surface area contributed by atoms with E-state index in [1.807, 2.05) is 0 Å². The molecule has 0 bridgehead atoms. The van der Waals surface area contributed by atoms with E-state index in [0.29, 0.717) is 31.1 Å². The second-order valence-electron chi connectivity index (χ2n) is 8.60. The number of nitrogens with zero attached hydrogens (tertiary/aromatic N) is 3. The number of rotatable bonds is 7. The lowest BCUT2D eigenvalue weighted by Crippen LogP contribution is -2.40. The first kappa shape index (κ1) is 27.7. The van der Waals surface area contributed by atoms with Gasteiger partial charge in [0.05, 0.1) is 37.9 Å². The number of aromatic nitrogens is 1. The molecule has 0 spiro atoms. The summed E-state index contributed by atoms with van der Waals surface area (Å²) in [5, 5.41) is 12.1. The number of thiazole rings is 1. The topological polar surface area (TPSA) is 113 Å². The number of esters is 1. The third kappa shape index (κ3) is 5.31. The summed E-state index contributed by atoms with van der Waals surface area (Å²) in [5.74, 6) is -0.481. The molecule has 9 nitrogen and oxygen atoms in total. The van der Waals surface area contributed by atoms with Crippen molar-refractivity contribution in [1.29, 1.82) is 0 Å². The second kappa shape index (κ2) is 11.2. The Morgan fingerprint density at radius 3 is 2.68 bits per heavy atom. The number of ether oxygens (including phenoxy) is 2. The molecule has 12 heteroatoms. The van der Waals surface area contributed by atoms with Gasteiger partial charge in [-0.2, -0.15) is 0 Å². The summed E-state index contributed by atoms with van der Waals surface area (Å²) < 4.78 is 13.0. The van der Waals surface area contributed by atoms with Crippen LogP contribution in [0.4, 0.5) is 5.69 Å². The number of hydrogen-bond donors (Lipinski definition) is 0. The highest BCUT2D eigenvalue weighted by atomic mass is 79.9. The molecular weight excluding hydrogens is 598 g/mol. The van der Waals surface area contributed by atoms with E-state index in [1.54, 1.807) is 64.1 Å². The number of hydrogen-bond acceptors (Lipinski definition) is 8. The van der Waals surface area contributed by atoms with Crippen LogP contribution in [0, 0.1) is 10.1 Å². The number of carbonyl (C=O) groups excluding carboxylic acids is 1. The van der Waals surface area contributed by atoms with E-state index in [0.717, 1.165) is 11.3 Å². The van der Waals surface area contributed by atoms with Crippen LogP contribution in [-0.2, 0) is 9.53 Å². The lowest BCUT2D eigenvalue weighted by molar-refractivity contribution is -0.386. The second-order valence-corrected chi connectivity index (χ2v) is 10.9. The third-order valence-electron chi connectivity index (χ3n) is 5.61. The molecule has 0 N–H and O–H groups in total. The van der Waals surface area contributed by atoms with Gasteiger partial charge in [-0.1, -0.05) is 41.1 Å². The Hall–Kier alpha value is -3.28. The number of halogens is 2. The molecule has 0 saturated carbocycles. The SMILES string of the molecule is CCOC(=O)C1=C(C)N=c2s/c(=C\c3cc(Br)c(OC(C)C)c([N+](=O)[O-])c3)c(=O)n2[C@H]1c1ccccc1Cl. The van der Waals surface area contributed by atoms with Crippen molar-refractivity contribution in [3.63, 3.8) is 0 Å². The lowest BCUT2D eigenvalue weighted by Gasteiger charge is -2.25. The first-order valence-electron chi connectivity index (χ1n) is 11.6. The maximum atomic E-state index is 13.8. The zero-order valence-electron chi connectivity index (χ0n) is 20.9. The summed E-state index contributed by atoms with van der Waals surface area (Å²) >= 11 is 11.0. The van der Waals surface area contributed by atoms with Crippen LogP contribution in [-0.4, -0.2) is 28.2 Å². The van der Waals surface area contributed by atoms with Crippen LogP contribution in [0.5, 0.6) is 5.75 Å². The molecule has 1 aliphatic rings. The van der Waals surface area contributed by atoms with Gasteiger partial charge in [0, 0.05) is 11.1 Å². The van der Waals surface area contributed by atoms with Gasteiger partial charge in [-0.3, -0.25) is 19.5 Å². The average Bonchev–Trinajstić information content (AvgIpc) is 3.14. The molecule has 4 rings (SSSR count). The van der Waals surface area contributed by atoms with Gasteiger partial charge < -0.3 is 9.47 Å². The number of fused-ring (bicyclic) bond motifs is 1. The van der Waals surface area contributed by atoms with Gasteiger partial charge in [0.1, 0.15) is 6.04 Å². The van der Waals surface area contributed by atoms with Crippen LogP contribution in [0.25, 0.3) is 6.08 Å².